The fourth-order valence-corrected chi connectivity index (χ4v) is 1.00. The van der Waals surface area contributed by atoms with Gasteiger partial charge in [0.05, 0.1) is 5.69 Å². The number of nitrogens with one attached hydrogen (secondary N) is 1. The molecule has 0 saturated heterocycles. The predicted molar refractivity (Wildman–Crippen MR) is 49.7 cm³/mol. The summed E-state index contributed by atoms with van der Waals surface area (Å²) in [5.41, 5.74) is -0.850. The molecule has 1 amide bonds. The summed E-state index contributed by atoms with van der Waals surface area (Å²) in [4.78, 5) is 21.2. The van der Waals surface area contributed by atoms with Gasteiger partial charge in [0, 0.05) is 0 Å². The largest absolute Gasteiger partial charge is 0.505 e. The van der Waals surface area contributed by atoms with Crippen molar-refractivity contribution in [3.8, 4) is 5.75 Å². The first-order valence-electron chi connectivity index (χ1n) is 4.07. The van der Waals surface area contributed by atoms with Crippen LogP contribution < -0.4 is 5.32 Å². The minimum absolute atomic E-state index is 0.370. The van der Waals surface area contributed by atoms with Crippen molar-refractivity contribution in [3.63, 3.8) is 0 Å². The molecule has 1 aromatic rings. The van der Waals surface area contributed by atoms with Crippen LogP contribution in [0.3, 0.4) is 0 Å². The zero-order valence-electron chi connectivity index (χ0n) is 7.78. The molecule has 0 aliphatic heterocycles. The number of amides is 1. The molecule has 0 bridgehead atoms. The molecule has 0 aliphatic carbocycles. The second-order valence-electron chi connectivity index (χ2n) is 2.80. The van der Waals surface area contributed by atoms with Crippen molar-refractivity contribution < 1.29 is 28.6 Å². The summed E-state index contributed by atoms with van der Waals surface area (Å²) in [6.07, 6.45) is -3.24. The van der Waals surface area contributed by atoms with Crippen LogP contribution in [-0.2, 0) is 4.79 Å². The summed E-state index contributed by atoms with van der Waals surface area (Å²) >= 11 is 0. The maximum atomic E-state index is 11.9. The van der Waals surface area contributed by atoms with E-state index in [4.69, 9.17) is 5.11 Å². The predicted octanol–water partition coefficient (Wildman–Crippen LogP) is 1.29. The van der Waals surface area contributed by atoms with E-state index in [2.05, 4.69) is 0 Å². The molecule has 0 radical (unpaired) electrons. The Labute approximate surface area is 88.3 Å². The molecule has 0 aromatic heterocycles. The van der Waals surface area contributed by atoms with E-state index in [1.165, 1.54) is 6.07 Å². The molecule has 16 heavy (non-hydrogen) atoms. The molecular weight excluding hydrogens is 224 g/mol. The van der Waals surface area contributed by atoms with E-state index in [1.54, 1.807) is 5.32 Å². The Morgan fingerprint density at radius 1 is 1.31 bits per heavy atom. The average molecular weight is 231 g/mol. The molecular formula is C9H7F2NO4. The first kappa shape index (κ1) is 11.9. The molecule has 7 heteroatoms. The number of anilines is 1. The van der Waals surface area contributed by atoms with Gasteiger partial charge in [-0.05, 0) is 12.1 Å². The van der Waals surface area contributed by atoms with Crippen LogP contribution in [0, 0.1) is 0 Å². The van der Waals surface area contributed by atoms with Crippen molar-refractivity contribution in [2.45, 2.75) is 6.43 Å². The Hall–Kier alpha value is -2.18. The lowest BCUT2D eigenvalue weighted by Gasteiger charge is -2.08. The van der Waals surface area contributed by atoms with Gasteiger partial charge in [0.15, 0.2) is 5.75 Å². The molecule has 0 heterocycles. The highest BCUT2D eigenvalue weighted by Crippen LogP contribution is 2.27. The van der Waals surface area contributed by atoms with Crippen molar-refractivity contribution >= 4 is 17.6 Å². The Balaban J connectivity index is 3.02. The van der Waals surface area contributed by atoms with Crippen LogP contribution in [0.2, 0.25) is 0 Å². The van der Waals surface area contributed by atoms with Gasteiger partial charge >= 0.3 is 12.4 Å². The zero-order valence-corrected chi connectivity index (χ0v) is 7.78. The molecule has 3 N–H and O–H groups in total. The fourth-order valence-electron chi connectivity index (χ4n) is 1.00. The van der Waals surface area contributed by atoms with Gasteiger partial charge in [-0.25, -0.2) is 4.79 Å². The summed E-state index contributed by atoms with van der Waals surface area (Å²) in [5.74, 6) is -3.80. The Morgan fingerprint density at radius 3 is 2.44 bits per heavy atom. The smallest absolute Gasteiger partial charge is 0.339 e. The molecule has 0 fully saturated rings. The van der Waals surface area contributed by atoms with E-state index in [9.17, 15) is 23.5 Å². The number of halogens is 2. The zero-order chi connectivity index (χ0) is 12.3. The van der Waals surface area contributed by atoms with Crippen molar-refractivity contribution in [1.29, 1.82) is 0 Å². The molecule has 0 spiro atoms. The standard InChI is InChI=1S/C9H7F2NO4/c10-7(11)8(14)12-5-3-1-2-4(6(5)13)9(15)16/h1-3,7,13H,(H,12,14)(H,15,16). The van der Waals surface area contributed by atoms with Crippen LogP contribution in [-0.4, -0.2) is 28.5 Å². The molecule has 0 aliphatic rings. The minimum atomic E-state index is -3.24. The highest BCUT2D eigenvalue weighted by Gasteiger charge is 2.19. The number of aromatic carboxylic acids is 1. The van der Waals surface area contributed by atoms with Crippen molar-refractivity contribution in [3.05, 3.63) is 23.8 Å². The lowest BCUT2D eigenvalue weighted by molar-refractivity contribution is -0.126. The number of carboxylic acids is 1. The first-order valence-corrected chi connectivity index (χ1v) is 4.07. The summed E-state index contributed by atoms with van der Waals surface area (Å²) in [5, 5.41) is 19.7. The summed E-state index contributed by atoms with van der Waals surface area (Å²) in [7, 11) is 0. The van der Waals surface area contributed by atoms with Crippen molar-refractivity contribution in [2.24, 2.45) is 0 Å². The Kier molecular flexibility index (Phi) is 3.39. The van der Waals surface area contributed by atoms with E-state index in [1.807, 2.05) is 0 Å². The molecule has 5 nitrogen and oxygen atoms in total. The SMILES string of the molecule is O=C(O)c1cccc(NC(=O)C(F)F)c1O. The number of hydrogen-bond acceptors (Lipinski definition) is 3. The second kappa shape index (κ2) is 4.56. The van der Waals surface area contributed by atoms with Gasteiger partial charge in [-0.1, -0.05) is 6.07 Å². The number of alkyl halides is 2. The quantitative estimate of drug-likeness (QED) is 0.684. The van der Waals surface area contributed by atoms with Gasteiger partial charge in [-0.15, -0.1) is 0 Å². The normalized spacial score (nSPS) is 10.2. The Morgan fingerprint density at radius 2 is 1.94 bits per heavy atom. The molecule has 1 aromatic carbocycles. The minimum Gasteiger partial charge on any atom is -0.505 e. The number of aromatic hydroxyl groups is 1. The summed E-state index contributed by atoms with van der Waals surface area (Å²) in [6, 6.07) is 3.40. The van der Waals surface area contributed by atoms with Crippen LogP contribution >= 0.6 is 0 Å². The lowest BCUT2D eigenvalue weighted by atomic mass is 10.1. The van der Waals surface area contributed by atoms with Crippen LogP contribution in [0.15, 0.2) is 18.2 Å². The van der Waals surface area contributed by atoms with Crippen molar-refractivity contribution in [1.82, 2.24) is 0 Å². The average Bonchev–Trinajstić information content (AvgIpc) is 2.20. The monoisotopic (exact) mass is 231 g/mol. The van der Waals surface area contributed by atoms with Crippen LogP contribution in [0.25, 0.3) is 0 Å². The van der Waals surface area contributed by atoms with E-state index in [-0.39, 0.29) is 5.69 Å². The number of carboxylic acid groups (broad SMARTS) is 1. The number of carbonyl (C=O) groups is 2. The number of para-hydroxylation sites is 1. The third-order valence-corrected chi connectivity index (χ3v) is 1.72. The van der Waals surface area contributed by atoms with Gasteiger partial charge in [-0.3, -0.25) is 4.79 Å². The number of rotatable bonds is 3. The lowest BCUT2D eigenvalue weighted by Crippen LogP contribution is -2.20. The summed E-state index contributed by atoms with van der Waals surface area (Å²) in [6.45, 7) is 0. The Bertz CT molecular complexity index is 434. The third kappa shape index (κ3) is 2.44. The van der Waals surface area contributed by atoms with Gasteiger partial charge in [-0.2, -0.15) is 8.78 Å². The molecule has 0 unspecified atom stereocenters. The van der Waals surface area contributed by atoms with Gasteiger partial charge in [0.25, 0.3) is 5.91 Å². The number of hydrogen-bond donors (Lipinski definition) is 3. The maximum absolute atomic E-state index is 11.9. The van der Waals surface area contributed by atoms with E-state index < -0.39 is 29.6 Å². The van der Waals surface area contributed by atoms with E-state index >= 15 is 0 Å². The number of carbonyl (C=O) groups excluding carboxylic acids is 1. The van der Waals surface area contributed by atoms with Crippen LogP contribution in [0.1, 0.15) is 10.4 Å². The second-order valence-corrected chi connectivity index (χ2v) is 2.80. The van der Waals surface area contributed by atoms with Crippen LogP contribution in [0.5, 0.6) is 5.75 Å². The van der Waals surface area contributed by atoms with Crippen LogP contribution in [0.4, 0.5) is 14.5 Å². The molecule has 86 valence electrons. The number of benzene rings is 1. The molecule has 0 atom stereocenters. The third-order valence-electron chi connectivity index (χ3n) is 1.72. The highest BCUT2D eigenvalue weighted by atomic mass is 19.3. The van der Waals surface area contributed by atoms with Gasteiger partial charge in [0.2, 0.25) is 0 Å². The van der Waals surface area contributed by atoms with Crippen molar-refractivity contribution in [2.75, 3.05) is 5.32 Å². The fraction of sp³-hybridized carbons (Fsp3) is 0.111. The molecule has 0 saturated carbocycles. The summed E-state index contributed by atoms with van der Waals surface area (Å²) < 4.78 is 23.8. The van der Waals surface area contributed by atoms with E-state index in [0.717, 1.165) is 12.1 Å². The van der Waals surface area contributed by atoms with E-state index in [0.29, 0.717) is 0 Å². The number of phenols is 1. The first-order chi connectivity index (χ1) is 7.43. The van der Waals surface area contributed by atoms with Gasteiger partial charge < -0.3 is 15.5 Å². The maximum Gasteiger partial charge on any atom is 0.339 e. The van der Waals surface area contributed by atoms with Gasteiger partial charge in [0.1, 0.15) is 5.56 Å². The molecule has 1 rings (SSSR count). The topological polar surface area (TPSA) is 86.6 Å². The highest BCUT2D eigenvalue weighted by molar-refractivity contribution is 5.98.